The number of benzene rings is 1. The summed E-state index contributed by atoms with van der Waals surface area (Å²) in [6, 6.07) is 7.29. The van der Waals surface area contributed by atoms with Gasteiger partial charge < -0.3 is 20.4 Å². The van der Waals surface area contributed by atoms with Crippen LogP contribution in [0.4, 0.5) is 10.1 Å². The number of ether oxygens (including phenoxy) is 1. The van der Waals surface area contributed by atoms with E-state index in [2.05, 4.69) is 20.6 Å². The molecule has 3 N–H and O–H groups in total. The predicted molar refractivity (Wildman–Crippen MR) is 119 cm³/mol. The minimum atomic E-state index is -0.908. The first-order valence-corrected chi connectivity index (χ1v) is 10.7. The fraction of sp³-hybridized carbons (Fsp3) is 0.227. The van der Waals surface area contributed by atoms with E-state index in [9.17, 15) is 14.0 Å². The van der Waals surface area contributed by atoms with Crippen molar-refractivity contribution in [3.63, 3.8) is 0 Å². The molecule has 0 atom stereocenters. The molecule has 166 valence electrons. The minimum Gasteiger partial charge on any atom is -0.474 e. The molecule has 32 heavy (non-hydrogen) atoms. The predicted octanol–water partition coefficient (Wildman–Crippen LogP) is 4.47. The van der Waals surface area contributed by atoms with Crippen LogP contribution in [0.2, 0.25) is 10.0 Å². The molecule has 1 saturated heterocycles. The number of aromatic amines is 1. The smallest absolute Gasteiger partial charge is 0.272 e. The van der Waals surface area contributed by atoms with E-state index < -0.39 is 17.5 Å². The zero-order chi connectivity index (χ0) is 22.7. The van der Waals surface area contributed by atoms with Crippen molar-refractivity contribution < 1.29 is 18.7 Å². The molecule has 7 nitrogen and oxygen atoms in total. The van der Waals surface area contributed by atoms with Crippen molar-refractivity contribution in [2.24, 2.45) is 0 Å². The number of nitrogens with zero attached hydrogens (tertiary/aromatic N) is 1. The van der Waals surface area contributed by atoms with E-state index in [-0.39, 0.29) is 33.0 Å². The molecule has 0 bridgehead atoms. The van der Waals surface area contributed by atoms with E-state index in [1.807, 2.05) is 0 Å². The van der Waals surface area contributed by atoms with Crippen LogP contribution in [-0.2, 0) is 0 Å². The summed E-state index contributed by atoms with van der Waals surface area (Å²) in [6.07, 6.45) is 4.75. The van der Waals surface area contributed by atoms with Crippen LogP contribution in [0.25, 0.3) is 0 Å². The summed E-state index contributed by atoms with van der Waals surface area (Å²) in [5.41, 5.74) is 0.293. The third-order valence-corrected chi connectivity index (χ3v) is 5.64. The van der Waals surface area contributed by atoms with Crippen molar-refractivity contribution in [2.75, 3.05) is 18.4 Å². The van der Waals surface area contributed by atoms with Gasteiger partial charge in [0, 0.05) is 17.8 Å². The Kier molecular flexibility index (Phi) is 6.74. The first-order valence-electron chi connectivity index (χ1n) is 9.94. The van der Waals surface area contributed by atoms with Gasteiger partial charge in [-0.1, -0.05) is 23.2 Å². The van der Waals surface area contributed by atoms with E-state index in [4.69, 9.17) is 27.9 Å². The standard InChI is InChI=1S/C22H19Cl2FN4O3/c23-15-2-3-16(24)20(25)19(15)21(30)12-9-17(27-10-12)22(31)29-13-1-4-18(28-11-13)32-14-5-7-26-8-6-14/h1-4,9-11,14,26-27H,5-8H2,(H,29,31). The summed E-state index contributed by atoms with van der Waals surface area (Å²) in [4.78, 5) is 32.2. The number of ketones is 1. The maximum absolute atomic E-state index is 14.3. The van der Waals surface area contributed by atoms with Gasteiger partial charge in [-0.05, 0) is 50.2 Å². The lowest BCUT2D eigenvalue weighted by molar-refractivity contribution is 0.102. The number of amides is 1. The second-order valence-electron chi connectivity index (χ2n) is 7.26. The van der Waals surface area contributed by atoms with Gasteiger partial charge in [-0.25, -0.2) is 9.37 Å². The molecule has 1 aromatic carbocycles. The Morgan fingerprint density at radius 1 is 1.12 bits per heavy atom. The number of carbonyl (C=O) groups is 2. The highest BCUT2D eigenvalue weighted by atomic mass is 35.5. The fourth-order valence-corrected chi connectivity index (χ4v) is 3.73. The van der Waals surface area contributed by atoms with Crippen LogP contribution in [-0.4, -0.2) is 40.9 Å². The summed E-state index contributed by atoms with van der Waals surface area (Å²) in [5, 5.41) is 5.67. The molecule has 3 heterocycles. The summed E-state index contributed by atoms with van der Waals surface area (Å²) in [6.45, 7) is 1.82. The number of halogens is 3. The van der Waals surface area contributed by atoms with Crippen LogP contribution in [0, 0.1) is 5.82 Å². The average Bonchev–Trinajstić information content (AvgIpc) is 3.29. The van der Waals surface area contributed by atoms with Gasteiger partial charge in [0.05, 0.1) is 27.5 Å². The first-order chi connectivity index (χ1) is 15.4. The summed E-state index contributed by atoms with van der Waals surface area (Å²) < 4.78 is 20.1. The molecule has 0 radical (unpaired) electrons. The van der Waals surface area contributed by atoms with Crippen LogP contribution in [0.1, 0.15) is 39.3 Å². The molecule has 1 amide bonds. The Morgan fingerprint density at radius 2 is 1.88 bits per heavy atom. The average molecular weight is 477 g/mol. The second kappa shape index (κ2) is 9.68. The lowest BCUT2D eigenvalue weighted by atomic mass is 10.0. The molecule has 1 aliphatic rings. The van der Waals surface area contributed by atoms with Crippen molar-refractivity contribution >= 4 is 40.6 Å². The van der Waals surface area contributed by atoms with Gasteiger partial charge in [-0.15, -0.1) is 0 Å². The third-order valence-electron chi connectivity index (χ3n) is 5.03. The zero-order valence-electron chi connectivity index (χ0n) is 16.8. The maximum Gasteiger partial charge on any atom is 0.272 e. The Bertz CT molecular complexity index is 1140. The van der Waals surface area contributed by atoms with E-state index >= 15 is 0 Å². The zero-order valence-corrected chi connectivity index (χ0v) is 18.3. The monoisotopic (exact) mass is 476 g/mol. The molecular weight excluding hydrogens is 458 g/mol. The highest BCUT2D eigenvalue weighted by Gasteiger charge is 2.22. The van der Waals surface area contributed by atoms with Gasteiger partial charge in [0.2, 0.25) is 5.88 Å². The number of hydrogen-bond donors (Lipinski definition) is 3. The van der Waals surface area contributed by atoms with Gasteiger partial charge in [0.15, 0.2) is 11.6 Å². The number of anilines is 1. The SMILES string of the molecule is O=C(Nc1ccc(OC2CCNCC2)nc1)c1cc(C(=O)c2c(Cl)ccc(Cl)c2F)c[nH]1. The third kappa shape index (κ3) is 4.93. The Labute approximate surface area is 193 Å². The van der Waals surface area contributed by atoms with E-state index in [0.717, 1.165) is 25.9 Å². The highest BCUT2D eigenvalue weighted by molar-refractivity contribution is 6.37. The molecule has 10 heteroatoms. The lowest BCUT2D eigenvalue weighted by Crippen LogP contribution is -2.34. The van der Waals surface area contributed by atoms with E-state index in [1.54, 1.807) is 12.1 Å². The van der Waals surface area contributed by atoms with Crippen LogP contribution in [0.3, 0.4) is 0 Å². The Hall–Kier alpha value is -2.94. The number of aromatic nitrogens is 2. The summed E-state index contributed by atoms with van der Waals surface area (Å²) in [7, 11) is 0. The van der Waals surface area contributed by atoms with Gasteiger partial charge in [0.25, 0.3) is 5.91 Å². The topological polar surface area (TPSA) is 96.1 Å². The molecule has 1 fully saturated rings. The van der Waals surface area contributed by atoms with E-state index in [0.29, 0.717) is 11.6 Å². The Balaban J connectivity index is 1.42. The molecule has 3 aromatic rings. The number of nitrogens with one attached hydrogen (secondary N) is 3. The molecule has 1 aliphatic heterocycles. The molecule has 0 saturated carbocycles. The maximum atomic E-state index is 14.3. The van der Waals surface area contributed by atoms with Crippen LogP contribution < -0.4 is 15.4 Å². The molecule has 0 spiro atoms. The van der Waals surface area contributed by atoms with E-state index in [1.165, 1.54) is 30.6 Å². The molecular formula is C22H19Cl2FN4O3. The summed E-state index contributed by atoms with van der Waals surface area (Å²) in [5.74, 6) is -1.60. The normalized spacial score (nSPS) is 14.2. The highest BCUT2D eigenvalue weighted by Crippen LogP contribution is 2.28. The number of rotatable bonds is 6. The molecule has 4 rings (SSSR count). The second-order valence-corrected chi connectivity index (χ2v) is 8.07. The van der Waals surface area contributed by atoms with Gasteiger partial charge >= 0.3 is 0 Å². The number of carbonyl (C=O) groups excluding carboxylic acids is 2. The van der Waals surface area contributed by atoms with Crippen molar-refractivity contribution in [1.29, 1.82) is 0 Å². The van der Waals surface area contributed by atoms with Crippen molar-refractivity contribution in [2.45, 2.75) is 18.9 Å². The molecule has 0 aliphatic carbocycles. The van der Waals surface area contributed by atoms with Gasteiger partial charge in [0.1, 0.15) is 11.8 Å². The number of pyridine rings is 1. The minimum absolute atomic E-state index is 0.0676. The van der Waals surface area contributed by atoms with Crippen molar-refractivity contribution in [3.8, 4) is 5.88 Å². The van der Waals surface area contributed by atoms with Gasteiger partial charge in [-0.3, -0.25) is 9.59 Å². The van der Waals surface area contributed by atoms with Crippen LogP contribution in [0.15, 0.2) is 42.7 Å². The van der Waals surface area contributed by atoms with Gasteiger partial charge in [-0.2, -0.15) is 0 Å². The molecule has 0 unspecified atom stereocenters. The van der Waals surface area contributed by atoms with Crippen molar-refractivity contribution in [1.82, 2.24) is 15.3 Å². The molecule has 2 aromatic heterocycles. The lowest BCUT2D eigenvalue weighted by Gasteiger charge is -2.23. The quantitative estimate of drug-likeness (QED) is 0.360. The number of hydrogen-bond acceptors (Lipinski definition) is 5. The summed E-state index contributed by atoms with van der Waals surface area (Å²) >= 11 is 11.7. The Morgan fingerprint density at radius 3 is 2.59 bits per heavy atom. The van der Waals surface area contributed by atoms with Crippen LogP contribution in [0.5, 0.6) is 5.88 Å². The van der Waals surface area contributed by atoms with Crippen LogP contribution >= 0.6 is 23.2 Å². The fourth-order valence-electron chi connectivity index (χ4n) is 3.34. The first kappa shape index (κ1) is 22.3. The van der Waals surface area contributed by atoms with Crippen molar-refractivity contribution in [3.05, 3.63) is 75.4 Å². The number of H-pyrrole nitrogens is 1. The number of piperidine rings is 1. The largest absolute Gasteiger partial charge is 0.474 e.